The fourth-order valence-corrected chi connectivity index (χ4v) is 3.42. The summed E-state index contributed by atoms with van der Waals surface area (Å²) in [5.74, 6) is 0.158. The van der Waals surface area contributed by atoms with Crippen LogP contribution in [0.1, 0.15) is 5.56 Å². The average Bonchev–Trinajstić information content (AvgIpc) is 3.06. The first-order chi connectivity index (χ1) is 12.2. The van der Waals surface area contributed by atoms with Crippen LogP contribution in [0.25, 0.3) is 11.3 Å². The van der Waals surface area contributed by atoms with Gasteiger partial charge in [0.2, 0.25) is 5.65 Å². The summed E-state index contributed by atoms with van der Waals surface area (Å²) in [6, 6.07) is 15.9. The Kier molecular flexibility index (Phi) is 4.07. The summed E-state index contributed by atoms with van der Waals surface area (Å²) in [4.78, 5) is 12.6. The summed E-state index contributed by atoms with van der Waals surface area (Å²) in [6.45, 7) is 0. The number of halogens is 1. The topological polar surface area (TPSA) is 52.2 Å². The molecule has 2 aromatic heterocycles. The molecule has 4 aromatic rings. The van der Waals surface area contributed by atoms with Crippen LogP contribution in [0.5, 0.6) is 0 Å². The molecule has 0 N–H and O–H groups in total. The summed E-state index contributed by atoms with van der Waals surface area (Å²) in [5.41, 5.74) is 1.33. The normalized spacial score (nSPS) is 11.1. The van der Waals surface area contributed by atoms with Gasteiger partial charge in [0.1, 0.15) is 5.82 Å². The van der Waals surface area contributed by atoms with Crippen molar-refractivity contribution in [3.63, 3.8) is 0 Å². The van der Waals surface area contributed by atoms with Gasteiger partial charge in [-0.15, -0.1) is 10.2 Å². The number of hydrogen-bond donors (Lipinski definition) is 0. The molecule has 0 atom stereocenters. The van der Waals surface area contributed by atoms with Crippen LogP contribution < -0.4 is 5.56 Å². The van der Waals surface area contributed by atoms with Gasteiger partial charge in [-0.1, -0.05) is 48.2 Å². The molecule has 2 aromatic carbocycles. The molecule has 4 rings (SSSR count). The van der Waals surface area contributed by atoms with Crippen LogP contribution >= 0.6 is 11.8 Å². The third kappa shape index (κ3) is 2.94. The SMILES string of the molecule is O=c1c2nnc(SCc3ccccc3F)n2ccn1-c1ccccc1. The Morgan fingerprint density at radius 3 is 2.52 bits per heavy atom. The van der Waals surface area contributed by atoms with Crippen LogP contribution in [-0.2, 0) is 5.75 Å². The Balaban J connectivity index is 1.68. The minimum absolute atomic E-state index is 0.238. The molecular formula is C18H13FN4OS. The van der Waals surface area contributed by atoms with Gasteiger partial charge < -0.3 is 0 Å². The average molecular weight is 352 g/mol. The number of nitrogens with zero attached hydrogens (tertiary/aromatic N) is 4. The van der Waals surface area contributed by atoms with E-state index in [0.717, 1.165) is 5.69 Å². The minimum atomic E-state index is -0.254. The Labute approximate surface area is 146 Å². The predicted octanol–water partition coefficient (Wildman–Crippen LogP) is 3.31. The number of hydrogen-bond acceptors (Lipinski definition) is 4. The zero-order valence-corrected chi connectivity index (χ0v) is 13.9. The number of thioether (sulfide) groups is 1. The Morgan fingerprint density at radius 1 is 0.960 bits per heavy atom. The number of para-hydroxylation sites is 1. The highest BCUT2D eigenvalue weighted by molar-refractivity contribution is 7.98. The highest BCUT2D eigenvalue weighted by atomic mass is 32.2. The smallest absolute Gasteiger partial charge is 0.280 e. The van der Waals surface area contributed by atoms with Crippen molar-refractivity contribution in [2.75, 3.05) is 0 Å². The zero-order valence-electron chi connectivity index (χ0n) is 13.0. The highest BCUT2D eigenvalue weighted by Gasteiger charge is 2.12. The van der Waals surface area contributed by atoms with E-state index in [0.29, 0.717) is 16.5 Å². The van der Waals surface area contributed by atoms with Gasteiger partial charge in [0.15, 0.2) is 5.16 Å². The van der Waals surface area contributed by atoms with Crippen molar-refractivity contribution in [3.05, 3.63) is 88.7 Å². The van der Waals surface area contributed by atoms with E-state index in [4.69, 9.17) is 0 Å². The summed E-state index contributed by atoms with van der Waals surface area (Å²) in [7, 11) is 0. The molecule has 5 nitrogen and oxygen atoms in total. The Hall–Kier alpha value is -2.93. The summed E-state index contributed by atoms with van der Waals surface area (Å²) >= 11 is 1.34. The molecule has 0 fully saturated rings. The fourth-order valence-electron chi connectivity index (χ4n) is 2.51. The largest absolute Gasteiger partial charge is 0.300 e. The van der Waals surface area contributed by atoms with Gasteiger partial charge in [0.05, 0.1) is 0 Å². The van der Waals surface area contributed by atoms with Gasteiger partial charge in [-0.2, -0.15) is 0 Å². The van der Waals surface area contributed by atoms with Crippen LogP contribution in [-0.4, -0.2) is 19.2 Å². The van der Waals surface area contributed by atoms with Gasteiger partial charge in [0.25, 0.3) is 0 Å². The third-order valence-corrected chi connectivity index (χ3v) is 4.78. The van der Waals surface area contributed by atoms with E-state index in [1.165, 1.54) is 22.4 Å². The molecule has 2 heterocycles. The van der Waals surface area contributed by atoms with Crippen molar-refractivity contribution in [2.45, 2.75) is 10.9 Å². The van der Waals surface area contributed by atoms with Gasteiger partial charge in [-0.05, 0) is 23.8 Å². The van der Waals surface area contributed by atoms with Crippen LogP contribution in [0.4, 0.5) is 4.39 Å². The first kappa shape index (κ1) is 15.6. The summed E-state index contributed by atoms with van der Waals surface area (Å²) in [6.07, 6.45) is 3.43. The van der Waals surface area contributed by atoms with E-state index in [2.05, 4.69) is 10.2 Å². The van der Waals surface area contributed by atoms with Crippen molar-refractivity contribution >= 4 is 17.4 Å². The standard InChI is InChI=1S/C18H13FN4OS/c19-15-9-5-4-6-13(15)12-25-18-21-20-16-17(24)22(10-11-23(16)18)14-7-2-1-3-8-14/h1-11H,12H2. The molecule has 0 unspecified atom stereocenters. The van der Waals surface area contributed by atoms with E-state index < -0.39 is 0 Å². The third-order valence-electron chi connectivity index (χ3n) is 3.79. The Morgan fingerprint density at radius 2 is 1.72 bits per heavy atom. The molecule has 0 aliphatic rings. The second-order valence-electron chi connectivity index (χ2n) is 5.37. The van der Waals surface area contributed by atoms with Gasteiger partial charge >= 0.3 is 5.56 Å². The zero-order chi connectivity index (χ0) is 17.2. The maximum Gasteiger partial charge on any atom is 0.300 e. The molecule has 0 bridgehead atoms. The highest BCUT2D eigenvalue weighted by Crippen LogP contribution is 2.22. The number of benzene rings is 2. The molecule has 0 aliphatic carbocycles. The second-order valence-corrected chi connectivity index (χ2v) is 6.31. The van der Waals surface area contributed by atoms with Crippen molar-refractivity contribution in [1.82, 2.24) is 19.2 Å². The lowest BCUT2D eigenvalue weighted by molar-refractivity contribution is 0.617. The molecule has 25 heavy (non-hydrogen) atoms. The molecule has 0 radical (unpaired) electrons. The first-order valence-electron chi connectivity index (χ1n) is 7.62. The summed E-state index contributed by atoms with van der Waals surface area (Å²) in [5, 5.41) is 8.63. The lowest BCUT2D eigenvalue weighted by Gasteiger charge is -2.06. The van der Waals surface area contributed by atoms with Crippen molar-refractivity contribution in [1.29, 1.82) is 0 Å². The van der Waals surface area contributed by atoms with E-state index in [9.17, 15) is 9.18 Å². The first-order valence-corrected chi connectivity index (χ1v) is 8.60. The quantitative estimate of drug-likeness (QED) is 0.529. The molecule has 7 heteroatoms. The van der Waals surface area contributed by atoms with Gasteiger partial charge in [-0.3, -0.25) is 13.8 Å². The van der Waals surface area contributed by atoms with Crippen molar-refractivity contribution < 1.29 is 4.39 Å². The van der Waals surface area contributed by atoms with E-state index in [1.54, 1.807) is 35.0 Å². The molecule has 0 amide bonds. The fraction of sp³-hybridized carbons (Fsp3) is 0.0556. The summed E-state index contributed by atoms with van der Waals surface area (Å²) < 4.78 is 16.9. The molecule has 0 saturated heterocycles. The molecule has 0 spiro atoms. The van der Waals surface area contributed by atoms with E-state index in [-0.39, 0.29) is 17.0 Å². The van der Waals surface area contributed by atoms with Crippen LogP contribution in [0.2, 0.25) is 0 Å². The van der Waals surface area contributed by atoms with Gasteiger partial charge in [0, 0.05) is 23.8 Å². The van der Waals surface area contributed by atoms with E-state index >= 15 is 0 Å². The minimum Gasteiger partial charge on any atom is -0.280 e. The molecule has 0 saturated carbocycles. The molecular weight excluding hydrogens is 339 g/mol. The van der Waals surface area contributed by atoms with Crippen molar-refractivity contribution in [2.24, 2.45) is 0 Å². The maximum atomic E-state index is 13.7. The van der Waals surface area contributed by atoms with Crippen LogP contribution in [0, 0.1) is 5.82 Å². The van der Waals surface area contributed by atoms with Gasteiger partial charge in [-0.25, -0.2) is 4.39 Å². The maximum absolute atomic E-state index is 13.7. The van der Waals surface area contributed by atoms with E-state index in [1.807, 2.05) is 30.3 Å². The molecule has 124 valence electrons. The number of rotatable bonds is 4. The monoisotopic (exact) mass is 352 g/mol. The van der Waals surface area contributed by atoms with Crippen molar-refractivity contribution in [3.8, 4) is 5.69 Å². The van der Waals surface area contributed by atoms with Crippen LogP contribution in [0.3, 0.4) is 0 Å². The molecule has 0 aliphatic heterocycles. The number of fused-ring (bicyclic) bond motifs is 1. The second kappa shape index (κ2) is 6.52. The lowest BCUT2D eigenvalue weighted by Crippen LogP contribution is -2.20. The van der Waals surface area contributed by atoms with Crippen LogP contribution in [0.15, 0.2) is 76.9 Å². The Bertz CT molecular complexity index is 1090. The number of aromatic nitrogens is 4. The predicted molar refractivity (Wildman–Crippen MR) is 94.5 cm³/mol. The lowest BCUT2D eigenvalue weighted by atomic mass is 10.2.